The molecule has 128 valence electrons. The van der Waals surface area contributed by atoms with Crippen LogP contribution in [0.4, 0.5) is 8.78 Å². The number of benzene rings is 1. The Bertz CT molecular complexity index is 545. The molecule has 1 fully saturated rings. The summed E-state index contributed by atoms with van der Waals surface area (Å²) < 4.78 is 31.0. The van der Waals surface area contributed by atoms with Gasteiger partial charge in [0.1, 0.15) is 18.5 Å². The van der Waals surface area contributed by atoms with E-state index < -0.39 is 17.7 Å². The van der Waals surface area contributed by atoms with Crippen LogP contribution in [0.15, 0.2) is 18.2 Å². The smallest absolute Gasteiger partial charge is 0.226 e. The van der Waals surface area contributed by atoms with Gasteiger partial charge in [-0.25, -0.2) is 8.78 Å². The lowest BCUT2D eigenvalue weighted by molar-refractivity contribution is -0.131. The fraction of sp³-hybridized carbons (Fsp3) is 0.588. The van der Waals surface area contributed by atoms with Crippen molar-refractivity contribution in [1.82, 2.24) is 5.32 Å². The van der Waals surface area contributed by atoms with E-state index in [1.807, 2.05) is 6.92 Å². The number of hydrogen-bond donors (Lipinski definition) is 2. The van der Waals surface area contributed by atoms with Gasteiger partial charge in [0.2, 0.25) is 5.91 Å². The van der Waals surface area contributed by atoms with Gasteiger partial charge in [0.15, 0.2) is 11.6 Å². The first kappa shape index (κ1) is 17.7. The van der Waals surface area contributed by atoms with Crippen molar-refractivity contribution in [1.29, 1.82) is 0 Å². The Hall–Kier alpha value is -1.69. The predicted molar refractivity (Wildman–Crippen MR) is 82.1 cm³/mol. The molecule has 1 aromatic rings. The maximum Gasteiger partial charge on any atom is 0.226 e. The molecular weight excluding hydrogens is 304 g/mol. The summed E-state index contributed by atoms with van der Waals surface area (Å²) >= 11 is 0. The third-order valence-electron chi connectivity index (χ3n) is 4.55. The van der Waals surface area contributed by atoms with Crippen LogP contribution in [0.25, 0.3) is 0 Å². The maximum atomic E-state index is 13.0. The molecule has 2 rings (SSSR count). The predicted octanol–water partition coefficient (Wildman–Crippen LogP) is 2.79. The molecule has 1 amide bonds. The van der Waals surface area contributed by atoms with Crippen LogP contribution in [0, 0.1) is 17.0 Å². The maximum absolute atomic E-state index is 13.0. The Balaban J connectivity index is 1.77. The molecule has 23 heavy (non-hydrogen) atoms. The van der Waals surface area contributed by atoms with Crippen LogP contribution in [0.5, 0.6) is 5.75 Å². The van der Waals surface area contributed by atoms with Crippen molar-refractivity contribution in [3.63, 3.8) is 0 Å². The van der Waals surface area contributed by atoms with Crippen LogP contribution in [0.3, 0.4) is 0 Å². The minimum absolute atomic E-state index is 0.0237. The Labute approximate surface area is 134 Å². The van der Waals surface area contributed by atoms with Crippen molar-refractivity contribution in [2.45, 2.75) is 45.1 Å². The number of halogens is 2. The summed E-state index contributed by atoms with van der Waals surface area (Å²) in [6, 6.07) is 3.17. The molecule has 4 nitrogen and oxygen atoms in total. The van der Waals surface area contributed by atoms with E-state index in [-0.39, 0.29) is 30.2 Å². The lowest BCUT2D eigenvalue weighted by Crippen LogP contribution is -2.43. The average molecular weight is 327 g/mol. The number of aliphatic hydroxyl groups excluding tert-OH is 1. The summed E-state index contributed by atoms with van der Waals surface area (Å²) in [4.78, 5) is 12.3. The second-order valence-corrected chi connectivity index (χ2v) is 6.09. The number of hydrogen-bond acceptors (Lipinski definition) is 3. The quantitative estimate of drug-likeness (QED) is 0.810. The van der Waals surface area contributed by atoms with Crippen molar-refractivity contribution >= 4 is 5.91 Å². The third kappa shape index (κ3) is 4.41. The zero-order valence-corrected chi connectivity index (χ0v) is 13.3. The van der Waals surface area contributed by atoms with Gasteiger partial charge in [-0.15, -0.1) is 0 Å². The van der Waals surface area contributed by atoms with E-state index in [9.17, 15) is 18.7 Å². The van der Waals surface area contributed by atoms with Gasteiger partial charge in [-0.05, 0) is 31.4 Å². The summed E-state index contributed by atoms with van der Waals surface area (Å²) in [6.07, 6.45) is 3.77. The average Bonchev–Trinajstić information content (AvgIpc) is 3.04. The third-order valence-corrected chi connectivity index (χ3v) is 4.55. The van der Waals surface area contributed by atoms with Gasteiger partial charge in [-0.3, -0.25) is 4.79 Å². The van der Waals surface area contributed by atoms with E-state index in [0.717, 1.165) is 44.2 Å². The fourth-order valence-electron chi connectivity index (χ4n) is 3.01. The largest absolute Gasteiger partial charge is 0.491 e. The van der Waals surface area contributed by atoms with Gasteiger partial charge in [0.25, 0.3) is 0 Å². The normalized spacial score (nSPS) is 17.7. The fourth-order valence-corrected chi connectivity index (χ4v) is 3.01. The van der Waals surface area contributed by atoms with Crippen molar-refractivity contribution in [2.24, 2.45) is 5.41 Å². The van der Waals surface area contributed by atoms with E-state index in [1.165, 1.54) is 6.07 Å². The molecule has 1 aliphatic carbocycles. The molecule has 0 aromatic heterocycles. The van der Waals surface area contributed by atoms with E-state index in [2.05, 4.69) is 5.32 Å². The Morgan fingerprint density at radius 2 is 2.04 bits per heavy atom. The molecule has 0 bridgehead atoms. The summed E-state index contributed by atoms with van der Waals surface area (Å²) in [5.74, 6) is -1.84. The Morgan fingerprint density at radius 3 is 2.65 bits per heavy atom. The summed E-state index contributed by atoms with van der Waals surface area (Å²) in [7, 11) is 0. The standard InChI is InChI=1S/C17H23F2NO3/c1-2-17(7-3-4-8-17)16(22)20-10-12(21)11-23-13-5-6-14(18)15(19)9-13/h5-6,9,12,21H,2-4,7-8,10-11H2,1H3,(H,20,22). The van der Waals surface area contributed by atoms with Crippen LogP contribution < -0.4 is 10.1 Å². The number of rotatable bonds is 7. The molecule has 6 heteroatoms. The molecule has 0 saturated heterocycles. The second-order valence-electron chi connectivity index (χ2n) is 6.09. The highest BCUT2D eigenvalue weighted by molar-refractivity contribution is 5.82. The van der Waals surface area contributed by atoms with Gasteiger partial charge in [0.05, 0.1) is 0 Å². The van der Waals surface area contributed by atoms with Crippen LogP contribution >= 0.6 is 0 Å². The van der Waals surface area contributed by atoms with E-state index >= 15 is 0 Å². The van der Waals surface area contributed by atoms with E-state index in [0.29, 0.717) is 0 Å². The topological polar surface area (TPSA) is 58.6 Å². The number of ether oxygens (including phenoxy) is 1. The highest BCUT2D eigenvalue weighted by Crippen LogP contribution is 2.41. The Kier molecular flexibility index (Phi) is 5.93. The highest BCUT2D eigenvalue weighted by Gasteiger charge is 2.39. The molecule has 1 aliphatic rings. The van der Waals surface area contributed by atoms with Crippen LogP contribution in [0.1, 0.15) is 39.0 Å². The van der Waals surface area contributed by atoms with Gasteiger partial charge in [-0.1, -0.05) is 19.8 Å². The van der Waals surface area contributed by atoms with Crippen LogP contribution in [0.2, 0.25) is 0 Å². The first-order chi connectivity index (χ1) is 11.0. The number of nitrogens with one attached hydrogen (secondary N) is 1. The molecule has 0 radical (unpaired) electrons. The summed E-state index contributed by atoms with van der Waals surface area (Å²) in [5, 5.41) is 12.6. The second kappa shape index (κ2) is 7.73. The summed E-state index contributed by atoms with van der Waals surface area (Å²) in [5.41, 5.74) is -0.305. The molecule has 2 N–H and O–H groups in total. The lowest BCUT2D eigenvalue weighted by Gasteiger charge is -2.26. The number of aliphatic hydroxyl groups is 1. The SMILES string of the molecule is CCC1(C(=O)NCC(O)COc2ccc(F)c(F)c2)CCCC1. The number of carbonyl (C=O) groups excluding carboxylic acids is 1. The molecular formula is C17H23F2NO3. The van der Waals surface area contributed by atoms with Gasteiger partial charge in [0, 0.05) is 18.0 Å². The first-order valence-corrected chi connectivity index (χ1v) is 8.01. The Morgan fingerprint density at radius 1 is 1.35 bits per heavy atom. The van der Waals surface area contributed by atoms with Gasteiger partial charge < -0.3 is 15.2 Å². The zero-order chi connectivity index (χ0) is 16.9. The monoisotopic (exact) mass is 327 g/mol. The van der Waals surface area contributed by atoms with E-state index in [4.69, 9.17) is 4.74 Å². The van der Waals surface area contributed by atoms with Gasteiger partial charge >= 0.3 is 0 Å². The van der Waals surface area contributed by atoms with E-state index in [1.54, 1.807) is 0 Å². The molecule has 1 atom stereocenters. The van der Waals surface area contributed by atoms with Crippen molar-refractivity contribution in [3.8, 4) is 5.75 Å². The minimum atomic E-state index is -1.00. The molecule has 1 unspecified atom stereocenters. The molecule has 1 saturated carbocycles. The summed E-state index contributed by atoms with van der Waals surface area (Å²) in [6.45, 7) is 1.97. The minimum Gasteiger partial charge on any atom is -0.491 e. The van der Waals surface area contributed by atoms with Crippen molar-refractivity contribution < 1.29 is 23.4 Å². The van der Waals surface area contributed by atoms with Crippen molar-refractivity contribution in [3.05, 3.63) is 29.8 Å². The molecule has 1 aromatic carbocycles. The molecule has 0 aliphatic heterocycles. The number of amides is 1. The first-order valence-electron chi connectivity index (χ1n) is 8.01. The van der Waals surface area contributed by atoms with Crippen LogP contribution in [-0.2, 0) is 4.79 Å². The molecule has 0 heterocycles. The van der Waals surface area contributed by atoms with Gasteiger partial charge in [-0.2, -0.15) is 0 Å². The molecule has 0 spiro atoms. The lowest BCUT2D eigenvalue weighted by atomic mass is 9.82. The van der Waals surface area contributed by atoms with Crippen molar-refractivity contribution in [2.75, 3.05) is 13.2 Å². The highest BCUT2D eigenvalue weighted by atomic mass is 19.2. The number of carbonyl (C=O) groups is 1. The zero-order valence-electron chi connectivity index (χ0n) is 13.3. The van der Waals surface area contributed by atoms with Crippen LogP contribution in [-0.4, -0.2) is 30.3 Å².